The van der Waals surface area contributed by atoms with Gasteiger partial charge in [0.25, 0.3) is 0 Å². The first-order chi connectivity index (χ1) is 9.54. The zero-order valence-corrected chi connectivity index (χ0v) is 13.4. The molecule has 0 saturated heterocycles. The summed E-state index contributed by atoms with van der Waals surface area (Å²) in [6.07, 6.45) is 0.946. The van der Waals surface area contributed by atoms with Gasteiger partial charge < -0.3 is 10.4 Å². The van der Waals surface area contributed by atoms with Crippen molar-refractivity contribution in [3.05, 3.63) is 64.1 Å². The molecule has 2 N–H and O–H groups in total. The van der Waals surface area contributed by atoms with Gasteiger partial charge in [0.2, 0.25) is 0 Å². The summed E-state index contributed by atoms with van der Waals surface area (Å²) < 4.78 is 1.10. The molecular weight excluding hydrogens is 314 g/mol. The Labute approximate surface area is 129 Å². The van der Waals surface area contributed by atoms with E-state index >= 15 is 0 Å². The highest BCUT2D eigenvalue weighted by atomic mass is 79.9. The van der Waals surface area contributed by atoms with E-state index in [-0.39, 0.29) is 0 Å². The molecule has 0 aliphatic heterocycles. The van der Waals surface area contributed by atoms with Crippen molar-refractivity contribution < 1.29 is 5.11 Å². The molecule has 0 aliphatic carbocycles. The Hall–Kier alpha value is -1.32. The topological polar surface area (TPSA) is 32.3 Å². The SMILES string of the molecule is CC(Cc1ccc(O)cc1)N[C@@H](C)c1ccc(Br)cc1. The Morgan fingerprint density at radius 3 is 2.20 bits per heavy atom. The number of phenols is 1. The molecule has 2 nitrogen and oxygen atoms in total. The third-order valence-corrected chi connectivity index (χ3v) is 3.91. The van der Waals surface area contributed by atoms with Crippen LogP contribution in [0.4, 0.5) is 0 Å². The molecule has 0 spiro atoms. The third kappa shape index (κ3) is 4.36. The summed E-state index contributed by atoms with van der Waals surface area (Å²) >= 11 is 3.45. The zero-order valence-electron chi connectivity index (χ0n) is 11.8. The summed E-state index contributed by atoms with van der Waals surface area (Å²) in [6.45, 7) is 4.36. The lowest BCUT2D eigenvalue weighted by atomic mass is 10.0. The number of halogens is 1. The van der Waals surface area contributed by atoms with Crippen LogP contribution in [-0.2, 0) is 6.42 Å². The third-order valence-electron chi connectivity index (χ3n) is 3.38. The minimum atomic E-state index is 0.315. The molecule has 0 radical (unpaired) electrons. The standard InChI is InChI=1S/C17H20BrNO/c1-12(11-14-3-9-17(20)10-4-14)19-13(2)15-5-7-16(18)8-6-15/h3-10,12-13,19-20H,11H2,1-2H3/t12?,13-/m0/s1. The number of aromatic hydroxyl groups is 1. The van der Waals surface area contributed by atoms with E-state index < -0.39 is 0 Å². The summed E-state index contributed by atoms with van der Waals surface area (Å²) in [5, 5.41) is 12.9. The molecule has 3 heteroatoms. The van der Waals surface area contributed by atoms with Crippen LogP contribution in [-0.4, -0.2) is 11.1 Å². The monoisotopic (exact) mass is 333 g/mol. The van der Waals surface area contributed by atoms with Gasteiger partial charge in [-0.15, -0.1) is 0 Å². The van der Waals surface area contributed by atoms with E-state index in [2.05, 4.69) is 59.4 Å². The van der Waals surface area contributed by atoms with Crippen molar-refractivity contribution in [1.82, 2.24) is 5.32 Å². The Morgan fingerprint density at radius 2 is 1.60 bits per heavy atom. The fourth-order valence-corrected chi connectivity index (χ4v) is 2.58. The van der Waals surface area contributed by atoms with Gasteiger partial charge in [-0.3, -0.25) is 0 Å². The van der Waals surface area contributed by atoms with Crippen molar-refractivity contribution in [1.29, 1.82) is 0 Å². The molecule has 2 aromatic rings. The lowest BCUT2D eigenvalue weighted by molar-refractivity contribution is 0.470. The summed E-state index contributed by atoms with van der Waals surface area (Å²) in [5.74, 6) is 0.317. The van der Waals surface area contributed by atoms with Gasteiger partial charge in [-0.2, -0.15) is 0 Å². The fourth-order valence-electron chi connectivity index (χ4n) is 2.32. The van der Waals surface area contributed by atoms with Crippen LogP contribution in [0.5, 0.6) is 5.75 Å². The normalized spacial score (nSPS) is 13.9. The lowest BCUT2D eigenvalue weighted by Gasteiger charge is -2.20. The molecule has 2 rings (SSSR count). The highest BCUT2D eigenvalue weighted by Gasteiger charge is 2.10. The molecule has 2 aromatic carbocycles. The summed E-state index contributed by atoms with van der Waals surface area (Å²) in [6, 6.07) is 16.5. The van der Waals surface area contributed by atoms with Gasteiger partial charge in [0.1, 0.15) is 5.75 Å². The van der Waals surface area contributed by atoms with Gasteiger partial charge in [-0.25, -0.2) is 0 Å². The van der Waals surface area contributed by atoms with Crippen molar-refractivity contribution in [2.45, 2.75) is 32.4 Å². The van der Waals surface area contributed by atoms with E-state index in [9.17, 15) is 5.11 Å². The quantitative estimate of drug-likeness (QED) is 0.847. The van der Waals surface area contributed by atoms with Crippen molar-refractivity contribution in [2.24, 2.45) is 0 Å². The van der Waals surface area contributed by atoms with E-state index in [1.54, 1.807) is 12.1 Å². The van der Waals surface area contributed by atoms with Gasteiger partial charge in [-0.05, 0) is 55.7 Å². The smallest absolute Gasteiger partial charge is 0.115 e. The largest absolute Gasteiger partial charge is 0.508 e. The van der Waals surface area contributed by atoms with Crippen LogP contribution in [0.3, 0.4) is 0 Å². The highest BCUT2D eigenvalue weighted by molar-refractivity contribution is 9.10. The summed E-state index contributed by atoms with van der Waals surface area (Å²) in [7, 11) is 0. The predicted octanol–water partition coefficient (Wildman–Crippen LogP) is 4.44. The molecule has 0 bridgehead atoms. The molecule has 20 heavy (non-hydrogen) atoms. The van der Waals surface area contributed by atoms with E-state index in [0.717, 1.165) is 10.9 Å². The number of benzene rings is 2. The molecule has 1 unspecified atom stereocenters. The molecule has 0 aromatic heterocycles. The van der Waals surface area contributed by atoms with Gasteiger partial charge in [-0.1, -0.05) is 40.2 Å². The number of phenolic OH excluding ortho intramolecular Hbond substituents is 1. The molecule has 0 fully saturated rings. The molecule has 106 valence electrons. The van der Waals surface area contributed by atoms with Crippen LogP contribution in [0.15, 0.2) is 53.0 Å². The zero-order chi connectivity index (χ0) is 14.5. The van der Waals surface area contributed by atoms with Gasteiger partial charge in [0.05, 0.1) is 0 Å². The van der Waals surface area contributed by atoms with Crippen molar-refractivity contribution in [3.63, 3.8) is 0 Å². The maximum Gasteiger partial charge on any atom is 0.115 e. The maximum absolute atomic E-state index is 9.29. The molecule has 0 aliphatic rings. The van der Waals surface area contributed by atoms with E-state index in [4.69, 9.17) is 0 Å². The van der Waals surface area contributed by atoms with Crippen LogP contribution in [0, 0.1) is 0 Å². The van der Waals surface area contributed by atoms with Crippen molar-refractivity contribution >= 4 is 15.9 Å². The van der Waals surface area contributed by atoms with Crippen molar-refractivity contribution in [2.75, 3.05) is 0 Å². The molecular formula is C17H20BrNO. The van der Waals surface area contributed by atoms with Crippen LogP contribution >= 0.6 is 15.9 Å². The van der Waals surface area contributed by atoms with E-state index in [0.29, 0.717) is 17.8 Å². The number of hydrogen-bond acceptors (Lipinski definition) is 2. The summed E-state index contributed by atoms with van der Waals surface area (Å²) in [4.78, 5) is 0. The Bertz CT molecular complexity index is 536. The van der Waals surface area contributed by atoms with Crippen LogP contribution in [0.2, 0.25) is 0 Å². The summed E-state index contributed by atoms with van der Waals surface area (Å²) in [5.41, 5.74) is 2.51. The first-order valence-corrected chi connectivity index (χ1v) is 7.63. The second-order valence-corrected chi connectivity index (χ2v) is 6.13. The Morgan fingerprint density at radius 1 is 1.00 bits per heavy atom. The van der Waals surface area contributed by atoms with Crippen LogP contribution < -0.4 is 5.32 Å². The minimum absolute atomic E-state index is 0.315. The number of rotatable bonds is 5. The first-order valence-electron chi connectivity index (χ1n) is 6.84. The number of nitrogens with one attached hydrogen (secondary N) is 1. The van der Waals surface area contributed by atoms with E-state index in [1.165, 1.54) is 11.1 Å². The highest BCUT2D eigenvalue weighted by Crippen LogP contribution is 2.18. The van der Waals surface area contributed by atoms with Gasteiger partial charge in [0, 0.05) is 16.6 Å². The Kier molecular flexibility index (Phi) is 5.21. The second kappa shape index (κ2) is 6.91. The molecule has 0 heterocycles. The number of hydrogen-bond donors (Lipinski definition) is 2. The van der Waals surface area contributed by atoms with E-state index in [1.807, 2.05) is 12.1 Å². The van der Waals surface area contributed by atoms with Gasteiger partial charge >= 0.3 is 0 Å². The predicted molar refractivity (Wildman–Crippen MR) is 87.0 cm³/mol. The fraction of sp³-hybridized carbons (Fsp3) is 0.294. The average Bonchev–Trinajstić information content (AvgIpc) is 2.42. The lowest BCUT2D eigenvalue weighted by Crippen LogP contribution is -2.30. The minimum Gasteiger partial charge on any atom is -0.508 e. The van der Waals surface area contributed by atoms with Crippen LogP contribution in [0.1, 0.15) is 31.0 Å². The average molecular weight is 334 g/mol. The second-order valence-electron chi connectivity index (χ2n) is 5.21. The van der Waals surface area contributed by atoms with Crippen LogP contribution in [0.25, 0.3) is 0 Å². The van der Waals surface area contributed by atoms with Gasteiger partial charge in [0.15, 0.2) is 0 Å². The Balaban J connectivity index is 1.92. The molecule has 0 amide bonds. The molecule has 0 saturated carbocycles. The van der Waals surface area contributed by atoms with Crippen molar-refractivity contribution in [3.8, 4) is 5.75 Å². The first kappa shape index (κ1) is 15.1. The molecule has 2 atom stereocenters. The maximum atomic E-state index is 9.29.